The molecule has 0 aliphatic rings. The molecule has 0 spiro atoms. The van der Waals surface area contributed by atoms with E-state index in [0.717, 1.165) is 0 Å². The van der Waals surface area contributed by atoms with E-state index in [9.17, 15) is 8.60 Å². The summed E-state index contributed by atoms with van der Waals surface area (Å²) in [6.45, 7) is 0. The van der Waals surface area contributed by atoms with Crippen LogP contribution in [0.3, 0.4) is 0 Å². The van der Waals surface area contributed by atoms with Crippen LogP contribution < -0.4 is 0 Å². The molecule has 1 rings (SSSR count). The first-order chi connectivity index (χ1) is 6.09. The van der Waals surface area contributed by atoms with Gasteiger partial charge in [0.25, 0.3) is 0 Å². The maximum atomic E-state index is 12.7. The van der Waals surface area contributed by atoms with Crippen LogP contribution in [-0.4, -0.2) is 8.76 Å². The first-order valence-corrected chi connectivity index (χ1v) is 5.22. The number of hydrogen-bond acceptors (Lipinski definition) is 2. The van der Waals surface area contributed by atoms with Crippen LogP contribution in [0.1, 0.15) is 10.6 Å². The third-order valence-corrected chi connectivity index (χ3v) is 2.60. The molecule has 0 aliphatic heterocycles. The minimum atomic E-state index is -2.37. The molecule has 0 amide bonds. The van der Waals surface area contributed by atoms with Crippen molar-refractivity contribution >= 4 is 27.3 Å². The van der Waals surface area contributed by atoms with Crippen LogP contribution in [0.25, 0.3) is 0 Å². The lowest BCUT2D eigenvalue weighted by atomic mass is 10.2. The van der Waals surface area contributed by atoms with E-state index >= 15 is 0 Å². The van der Waals surface area contributed by atoms with Gasteiger partial charge in [-0.2, -0.15) is 4.21 Å². The number of hydrogen-bond donors (Lipinski definition) is 1. The highest BCUT2D eigenvalue weighted by Gasteiger charge is 2.10. The molecular formula is C7H6BrFO3S. The molecule has 6 heteroatoms. The fraction of sp³-hybridized carbons (Fsp3) is 0.143. The van der Waals surface area contributed by atoms with Gasteiger partial charge in [-0.05, 0) is 17.7 Å². The Kier molecular flexibility index (Phi) is 3.98. The second-order valence-electron chi connectivity index (χ2n) is 2.18. The number of benzene rings is 1. The molecule has 0 aliphatic carbocycles. The van der Waals surface area contributed by atoms with Gasteiger partial charge < -0.3 is 0 Å². The molecule has 0 heterocycles. The molecule has 1 aromatic carbocycles. The summed E-state index contributed by atoms with van der Waals surface area (Å²) in [5.74, 6) is -0.422. The summed E-state index contributed by atoms with van der Waals surface area (Å²) in [6, 6.07) is 5.56. The summed E-state index contributed by atoms with van der Waals surface area (Å²) in [4.78, 5) is 0. The summed E-state index contributed by atoms with van der Waals surface area (Å²) >= 11 is 0.607. The molecule has 72 valence electrons. The molecule has 2 unspecified atom stereocenters. The van der Waals surface area contributed by atoms with Gasteiger partial charge in [-0.1, -0.05) is 28.1 Å². The Morgan fingerprint density at radius 3 is 2.85 bits per heavy atom. The highest BCUT2D eigenvalue weighted by atomic mass is 79.9. The zero-order valence-electron chi connectivity index (χ0n) is 6.31. The minimum Gasteiger partial charge on any atom is -0.284 e. The highest BCUT2D eigenvalue weighted by molar-refractivity contribution is 9.09. The number of alkyl halides is 1. The third-order valence-electron chi connectivity index (χ3n) is 1.28. The molecule has 0 radical (unpaired) electrons. The second kappa shape index (κ2) is 4.80. The maximum Gasteiger partial charge on any atom is 0.303 e. The lowest BCUT2D eigenvalue weighted by Crippen LogP contribution is -1.99. The maximum absolute atomic E-state index is 12.7. The van der Waals surface area contributed by atoms with Crippen LogP contribution in [0.4, 0.5) is 4.39 Å². The van der Waals surface area contributed by atoms with Crippen LogP contribution in [0, 0.1) is 5.82 Å². The Morgan fingerprint density at radius 1 is 1.62 bits per heavy atom. The van der Waals surface area contributed by atoms with Gasteiger partial charge >= 0.3 is 11.4 Å². The van der Waals surface area contributed by atoms with E-state index in [4.69, 9.17) is 4.55 Å². The fourth-order valence-corrected chi connectivity index (χ4v) is 1.71. The quantitative estimate of drug-likeness (QED) is 0.676. The summed E-state index contributed by atoms with van der Waals surface area (Å²) in [6.07, 6.45) is 0. The Bertz CT molecular complexity index is 320. The molecule has 0 aromatic heterocycles. The Labute approximate surface area is 85.5 Å². The SMILES string of the molecule is O=S(O)OC(Br)c1cccc(F)c1. The lowest BCUT2D eigenvalue weighted by molar-refractivity contribution is 0.293. The van der Waals surface area contributed by atoms with Crippen molar-refractivity contribution < 1.29 is 17.3 Å². The third kappa shape index (κ3) is 3.51. The predicted molar refractivity (Wildman–Crippen MR) is 49.9 cm³/mol. The Balaban J connectivity index is 2.76. The van der Waals surface area contributed by atoms with Gasteiger partial charge in [0.15, 0.2) is 5.01 Å². The molecule has 2 atom stereocenters. The largest absolute Gasteiger partial charge is 0.303 e. The van der Waals surface area contributed by atoms with Crippen molar-refractivity contribution in [1.29, 1.82) is 0 Å². The molecule has 0 saturated carbocycles. The predicted octanol–water partition coefficient (Wildman–Crippen LogP) is 2.37. The van der Waals surface area contributed by atoms with Gasteiger partial charge in [0, 0.05) is 0 Å². The van der Waals surface area contributed by atoms with Gasteiger partial charge in [-0.25, -0.2) is 8.57 Å². The topological polar surface area (TPSA) is 46.5 Å². The monoisotopic (exact) mass is 268 g/mol. The van der Waals surface area contributed by atoms with Crippen molar-refractivity contribution in [3.05, 3.63) is 35.6 Å². The molecule has 0 bridgehead atoms. The summed E-state index contributed by atoms with van der Waals surface area (Å²) in [5, 5.41) is -0.783. The Morgan fingerprint density at radius 2 is 2.31 bits per heavy atom. The van der Waals surface area contributed by atoms with Gasteiger partial charge in [-0.3, -0.25) is 4.55 Å². The lowest BCUT2D eigenvalue weighted by Gasteiger charge is -2.07. The zero-order valence-corrected chi connectivity index (χ0v) is 8.72. The second-order valence-corrected chi connectivity index (χ2v) is 3.64. The van der Waals surface area contributed by atoms with Gasteiger partial charge in [0.2, 0.25) is 0 Å². The Hall–Kier alpha value is -0.300. The normalized spacial score (nSPS) is 15.3. The zero-order chi connectivity index (χ0) is 9.84. The van der Waals surface area contributed by atoms with Crippen molar-refractivity contribution in [1.82, 2.24) is 0 Å². The summed E-state index contributed by atoms with van der Waals surface area (Å²) in [5.41, 5.74) is 0.447. The summed E-state index contributed by atoms with van der Waals surface area (Å²) in [7, 11) is 0. The van der Waals surface area contributed by atoms with Crippen molar-refractivity contribution in [3.8, 4) is 0 Å². The average Bonchev–Trinajstić information content (AvgIpc) is 2.03. The van der Waals surface area contributed by atoms with Crippen LogP contribution >= 0.6 is 15.9 Å². The first-order valence-electron chi connectivity index (χ1n) is 3.27. The number of halogens is 2. The molecule has 1 aromatic rings. The van der Waals surface area contributed by atoms with E-state index in [1.165, 1.54) is 18.2 Å². The highest BCUT2D eigenvalue weighted by Crippen LogP contribution is 2.24. The molecule has 3 nitrogen and oxygen atoms in total. The van der Waals surface area contributed by atoms with Crippen molar-refractivity contribution in [2.75, 3.05) is 0 Å². The van der Waals surface area contributed by atoms with E-state index in [1.807, 2.05) is 0 Å². The van der Waals surface area contributed by atoms with Crippen LogP contribution in [0.2, 0.25) is 0 Å². The van der Waals surface area contributed by atoms with E-state index < -0.39 is 22.2 Å². The average molecular weight is 269 g/mol. The van der Waals surface area contributed by atoms with Crippen molar-refractivity contribution in [2.24, 2.45) is 0 Å². The van der Waals surface area contributed by atoms with E-state index in [0.29, 0.717) is 5.56 Å². The van der Waals surface area contributed by atoms with Gasteiger partial charge in [-0.15, -0.1) is 0 Å². The minimum absolute atomic E-state index is 0.422. The molecule has 0 saturated heterocycles. The van der Waals surface area contributed by atoms with Crippen LogP contribution in [0.5, 0.6) is 0 Å². The van der Waals surface area contributed by atoms with E-state index in [2.05, 4.69) is 20.1 Å². The molecule has 1 N–H and O–H groups in total. The molecule has 0 fully saturated rings. The fourth-order valence-electron chi connectivity index (χ4n) is 0.776. The van der Waals surface area contributed by atoms with E-state index in [1.54, 1.807) is 6.07 Å². The standard InChI is InChI=1S/C7H6BrFO3S/c8-7(12-13(10)11)5-2-1-3-6(9)4-5/h1-4,7H,(H,10,11). The smallest absolute Gasteiger partial charge is 0.284 e. The van der Waals surface area contributed by atoms with Crippen molar-refractivity contribution in [3.63, 3.8) is 0 Å². The van der Waals surface area contributed by atoms with E-state index in [-0.39, 0.29) is 0 Å². The van der Waals surface area contributed by atoms with Gasteiger partial charge in [0.05, 0.1) is 0 Å². The van der Waals surface area contributed by atoms with Crippen LogP contribution in [0.15, 0.2) is 24.3 Å². The van der Waals surface area contributed by atoms with Crippen LogP contribution in [-0.2, 0) is 15.5 Å². The van der Waals surface area contributed by atoms with Gasteiger partial charge in [0.1, 0.15) is 5.82 Å². The van der Waals surface area contributed by atoms with Crippen molar-refractivity contribution in [2.45, 2.75) is 5.01 Å². The summed E-state index contributed by atoms with van der Waals surface area (Å²) < 4.78 is 35.7. The molecule has 13 heavy (non-hydrogen) atoms. The first kappa shape index (κ1) is 10.8. The molecular weight excluding hydrogens is 263 g/mol. The number of rotatable bonds is 3.